The second kappa shape index (κ2) is 4.87. The summed E-state index contributed by atoms with van der Waals surface area (Å²) in [6.45, 7) is 2.25. The highest BCUT2D eigenvalue weighted by atomic mass is 32.1. The zero-order valence-corrected chi connectivity index (χ0v) is 10.3. The summed E-state index contributed by atoms with van der Waals surface area (Å²) in [4.78, 5) is 12.3. The number of anilines is 1. The van der Waals surface area contributed by atoms with Crippen molar-refractivity contribution in [2.24, 2.45) is 5.92 Å². The SMILES string of the molecule is CC1CCC(OC(=O)c2sccc2N)CC1. The Kier molecular flexibility index (Phi) is 3.49. The monoisotopic (exact) mass is 239 g/mol. The number of hydrogen-bond acceptors (Lipinski definition) is 4. The van der Waals surface area contributed by atoms with Gasteiger partial charge >= 0.3 is 5.97 Å². The first-order chi connectivity index (χ1) is 7.66. The van der Waals surface area contributed by atoms with Gasteiger partial charge in [0.25, 0.3) is 0 Å². The molecule has 4 heteroatoms. The van der Waals surface area contributed by atoms with Crippen molar-refractivity contribution in [2.75, 3.05) is 5.73 Å². The average molecular weight is 239 g/mol. The van der Waals surface area contributed by atoms with Gasteiger partial charge in [-0.1, -0.05) is 6.92 Å². The molecule has 1 heterocycles. The summed E-state index contributed by atoms with van der Waals surface area (Å²) in [6.07, 6.45) is 4.36. The van der Waals surface area contributed by atoms with Gasteiger partial charge < -0.3 is 10.5 Å². The van der Waals surface area contributed by atoms with E-state index in [0.29, 0.717) is 10.6 Å². The Morgan fingerprint density at radius 1 is 1.44 bits per heavy atom. The van der Waals surface area contributed by atoms with Crippen molar-refractivity contribution in [1.29, 1.82) is 0 Å². The van der Waals surface area contributed by atoms with E-state index in [0.717, 1.165) is 31.6 Å². The lowest BCUT2D eigenvalue weighted by molar-refractivity contribution is 0.0180. The molecular formula is C12H17NO2S. The topological polar surface area (TPSA) is 52.3 Å². The number of thiophene rings is 1. The van der Waals surface area contributed by atoms with Crippen LogP contribution >= 0.6 is 11.3 Å². The van der Waals surface area contributed by atoms with Crippen LogP contribution in [0.1, 0.15) is 42.3 Å². The molecule has 1 fully saturated rings. The molecule has 1 saturated carbocycles. The van der Waals surface area contributed by atoms with Crippen LogP contribution in [0.3, 0.4) is 0 Å². The largest absolute Gasteiger partial charge is 0.458 e. The molecule has 1 aromatic heterocycles. The molecule has 16 heavy (non-hydrogen) atoms. The molecule has 0 spiro atoms. The number of carbonyl (C=O) groups excluding carboxylic acids is 1. The molecule has 0 bridgehead atoms. The van der Waals surface area contributed by atoms with Crippen LogP contribution in [0, 0.1) is 5.92 Å². The minimum absolute atomic E-state index is 0.0881. The fourth-order valence-corrected chi connectivity index (χ4v) is 2.74. The third-order valence-electron chi connectivity index (χ3n) is 3.12. The summed E-state index contributed by atoms with van der Waals surface area (Å²) < 4.78 is 5.46. The van der Waals surface area contributed by atoms with E-state index in [-0.39, 0.29) is 12.1 Å². The highest BCUT2D eigenvalue weighted by molar-refractivity contribution is 7.12. The summed E-state index contributed by atoms with van der Waals surface area (Å²) >= 11 is 1.35. The molecule has 88 valence electrons. The lowest BCUT2D eigenvalue weighted by Crippen LogP contribution is -2.23. The van der Waals surface area contributed by atoms with Crippen LogP contribution in [0.4, 0.5) is 5.69 Å². The van der Waals surface area contributed by atoms with Crippen LogP contribution in [0.2, 0.25) is 0 Å². The minimum atomic E-state index is -0.257. The van der Waals surface area contributed by atoms with E-state index in [4.69, 9.17) is 10.5 Å². The summed E-state index contributed by atoms with van der Waals surface area (Å²) in [6, 6.07) is 1.74. The normalized spacial score (nSPS) is 25.3. The summed E-state index contributed by atoms with van der Waals surface area (Å²) in [7, 11) is 0. The molecule has 0 unspecified atom stereocenters. The van der Waals surface area contributed by atoms with E-state index in [9.17, 15) is 4.79 Å². The third kappa shape index (κ3) is 2.55. The third-order valence-corrected chi connectivity index (χ3v) is 4.03. The second-order valence-electron chi connectivity index (χ2n) is 4.49. The summed E-state index contributed by atoms with van der Waals surface area (Å²) in [5.41, 5.74) is 6.21. The highest BCUT2D eigenvalue weighted by Crippen LogP contribution is 2.27. The van der Waals surface area contributed by atoms with E-state index in [1.807, 2.05) is 5.38 Å². The van der Waals surface area contributed by atoms with Crippen molar-refractivity contribution < 1.29 is 9.53 Å². The molecule has 2 rings (SSSR count). The maximum absolute atomic E-state index is 11.8. The molecule has 1 aliphatic rings. The van der Waals surface area contributed by atoms with Crippen LogP contribution in [-0.2, 0) is 4.74 Å². The van der Waals surface area contributed by atoms with E-state index in [2.05, 4.69) is 6.92 Å². The Balaban J connectivity index is 1.91. The van der Waals surface area contributed by atoms with Crippen LogP contribution in [0.5, 0.6) is 0 Å². The van der Waals surface area contributed by atoms with Crippen molar-refractivity contribution in [2.45, 2.75) is 38.7 Å². The van der Waals surface area contributed by atoms with Crippen LogP contribution in [0.15, 0.2) is 11.4 Å². The molecule has 1 aromatic rings. The number of nitrogens with two attached hydrogens (primary N) is 1. The first-order valence-corrected chi connectivity index (χ1v) is 6.58. The van der Waals surface area contributed by atoms with Crippen molar-refractivity contribution in [3.8, 4) is 0 Å². The fourth-order valence-electron chi connectivity index (χ4n) is 2.04. The molecule has 0 radical (unpaired) electrons. The van der Waals surface area contributed by atoms with E-state index >= 15 is 0 Å². The van der Waals surface area contributed by atoms with Gasteiger partial charge in [-0.25, -0.2) is 4.79 Å². The standard InChI is InChI=1S/C12H17NO2S/c1-8-2-4-9(5-3-8)15-12(14)11-10(13)6-7-16-11/h6-9H,2-5,13H2,1H3. The van der Waals surface area contributed by atoms with Gasteiger partial charge in [-0.05, 0) is 43.0 Å². The number of rotatable bonds is 2. The van der Waals surface area contributed by atoms with Crippen LogP contribution in [-0.4, -0.2) is 12.1 Å². The fraction of sp³-hybridized carbons (Fsp3) is 0.583. The Morgan fingerprint density at radius 3 is 2.69 bits per heavy atom. The molecular weight excluding hydrogens is 222 g/mol. The van der Waals surface area contributed by atoms with E-state index in [1.54, 1.807) is 6.07 Å². The second-order valence-corrected chi connectivity index (χ2v) is 5.41. The summed E-state index contributed by atoms with van der Waals surface area (Å²) in [5, 5.41) is 1.81. The molecule has 0 saturated heterocycles. The molecule has 0 aromatic carbocycles. The maximum atomic E-state index is 11.8. The van der Waals surface area contributed by atoms with Crippen molar-refractivity contribution in [3.63, 3.8) is 0 Å². The lowest BCUT2D eigenvalue weighted by Gasteiger charge is -2.25. The zero-order chi connectivity index (χ0) is 11.5. The number of carbonyl (C=O) groups is 1. The van der Waals surface area contributed by atoms with Crippen LogP contribution in [0.25, 0.3) is 0 Å². The predicted molar refractivity (Wildman–Crippen MR) is 65.6 cm³/mol. The number of hydrogen-bond donors (Lipinski definition) is 1. The van der Waals surface area contributed by atoms with E-state index < -0.39 is 0 Å². The lowest BCUT2D eigenvalue weighted by atomic mass is 9.89. The van der Waals surface area contributed by atoms with Gasteiger partial charge in [0.1, 0.15) is 11.0 Å². The van der Waals surface area contributed by atoms with Crippen molar-refractivity contribution in [1.82, 2.24) is 0 Å². The zero-order valence-electron chi connectivity index (χ0n) is 9.44. The Morgan fingerprint density at radius 2 is 2.12 bits per heavy atom. The Hall–Kier alpha value is -1.03. The first-order valence-electron chi connectivity index (χ1n) is 5.70. The quantitative estimate of drug-likeness (QED) is 0.807. The van der Waals surface area contributed by atoms with Gasteiger partial charge in [-0.15, -0.1) is 11.3 Å². The highest BCUT2D eigenvalue weighted by Gasteiger charge is 2.23. The first kappa shape index (κ1) is 11.5. The van der Waals surface area contributed by atoms with Crippen molar-refractivity contribution in [3.05, 3.63) is 16.3 Å². The van der Waals surface area contributed by atoms with Gasteiger partial charge in [0.05, 0.1) is 5.69 Å². The number of esters is 1. The molecule has 0 aliphatic heterocycles. The van der Waals surface area contributed by atoms with Gasteiger partial charge in [0.2, 0.25) is 0 Å². The minimum Gasteiger partial charge on any atom is -0.458 e. The molecule has 1 aliphatic carbocycles. The Labute approximate surface area is 99.6 Å². The molecule has 0 amide bonds. The maximum Gasteiger partial charge on any atom is 0.350 e. The Bertz CT molecular complexity index is 367. The summed E-state index contributed by atoms with van der Waals surface area (Å²) in [5.74, 6) is 0.508. The van der Waals surface area contributed by atoms with Gasteiger partial charge in [0, 0.05) is 0 Å². The number of ether oxygens (including phenoxy) is 1. The smallest absolute Gasteiger partial charge is 0.350 e. The van der Waals surface area contributed by atoms with E-state index in [1.165, 1.54) is 11.3 Å². The number of nitrogen functional groups attached to an aromatic ring is 1. The average Bonchev–Trinajstić information content (AvgIpc) is 2.68. The predicted octanol–water partition coefficient (Wildman–Crippen LogP) is 3.07. The molecule has 2 N–H and O–H groups in total. The van der Waals surface area contributed by atoms with Gasteiger partial charge in [-0.2, -0.15) is 0 Å². The molecule has 0 atom stereocenters. The van der Waals surface area contributed by atoms with Crippen LogP contribution < -0.4 is 5.73 Å². The van der Waals surface area contributed by atoms with Gasteiger partial charge in [-0.3, -0.25) is 0 Å². The van der Waals surface area contributed by atoms with Crippen molar-refractivity contribution >= 4 is 23.0 Å². The molecule has 3 nitrogen and oxygen atoms in total. The van der Waals surface area contributed by atoms with Gasteiger partial charge in [0.15, 0.2) is 0 Å².